The maximum atomic E-state index is 12.3. The molecular formula is C17H17ClN2O. The first-order chi connectivity index (χ1) is 10.1. The molecule has 3 nitrogen and oxygen atoms in total. The topological polar surface area (TPSA) is 42.0 Å². The van der Waals surface area contributed by atoms with Crippen molar-refractivity contribution in [3.63, 3.8) is 0 Å². The zero-order chi connectivity index (χ0) is 14.8. The fourth-order valence-electron chi connectivity index (χ4n) is 2.74. The second-order valence-electron chi connectivity index (χ2n) is 5.48. The number of benzene rings is 1. The molecule has 0 radical (unpaired) electrons. The largest absolute Gasteiger partial charge is 0.347 e. The van der Waals surface area contributed by atoms with Crippen molar-refractivity contribution in [3.05, 3.63) is 64.4 Å². The number of carbonyl (C=O) groups is 1. The first-order valence-electron chi connectivity index (χ1n) is 7.13. The Morgan fingerprint density at radius 1 is 1.24 bits per heavy atom. The number of nitrogens with zero attached hydrogens (tertiary/aromatic N) is 1. The van der Waals surface area contributed by atoms with E-state index < -0.39 is 0 Å². The number of nitrogens with one attached hydrogen (secondary N) is 1. The summed E-state index contributed by atoms with van der Waals surface area (Å²) in [6, 6.07) is 11.8. The first-order valence-corrected chi connectivity index (χ1v) is 7.51. The van der Waals surface area contributed by atoms with Crippen LogP contribution >= 0.6 is 11.6 Å². The first kappa shape index (κ1) is 14.1. The van der Waals surface area contributed by atoms with E-state index in [2.05, 4.69) is 10.3 Å². The van der Waals surface area contributed by atoms with Gasteiger partial charge in [-0.15, -0.1) is 0 Å². The standard InChI is InChI=1S/C17H17ClN2O/c1-11-3-2-10-19-16(11)17(21)20-15-9-8-14(15)12-4-6-13(18)7-5-12/h2-7,10,14-15H,8-9H2,1H3,(H,20,21). The summed E-state index contributed by atoms with van der Waals surface area (Å²) < 4.78 is 0. The van der Waals surface area contributed by atoms with Gasteiger partial charge in [0.1, 0.15) is 5.69 Å². The zero-order valence-corrected chi connectivity index (χ0v) is 12.6. The number of rotatable bonds is 3. The van der Waals surface area contributed by atoms with Gasteiger partial charge in [-0.2, -0.15) is 0 Å². The third-order valence-electron chi connectivity index (χ3n) is 4.11. The summed E-state index contributed by atoms with van der Waals surface area (Å²) in [4.78, 5) is 16.5. The molecule has 1 heterocycles. The van der Waals surface area contributed by atoms with Gasteiger partial charge in [0, 0.05) is 23.2 Å². The zero-order valence-electron chi connectivity index (χ0n) is 11.8. The minimum atomic E-state index is -0.0863. The number of aromatic nitrogens is 1. The molecule has 2 atom stereocenters. The van der Waals surface area contributed by atoms with Crippen molar-refractivity contribution >= 4 is 17.5 Å². The number of hydrogen-bond donors (Lipinski definition) is 1. The molecule has 0 saturated heterocycles. The lowest BCUT2D eigenvalue weighted by Crippen LogP contribution is -2.45. The minimum absolute atomic E-state index is 0.0863. The summed E-state index contributed by atoms with van der Waals surface area (Å²) in [5, 5.41) is 3.84. The van der Waals surface area contributed by atoms with E-state index in [0.717, 1.165) is 23.4 Å². The Bertz CT molecular complexity index is 654. The quantitative estimate of drug-likeness (QED) is 0.938. The predicted molar refractivity (Wildman–Crippen MR) is 83.7 cm³/mol. The number of pyridine rings is 1. The van der Waals surface area contributed by atoms with Gasteiger partial charge in [-0.25, -0.2) is 0 Å². The molecule has 1 aromatic carbocycles. The van der Waals surface area contributed by atoms with Crippen LogP contribution in [0.5, 0.6) is 0 Å². The molecule has 0 spiro atoms. The molecule has 2 unspecified atom stereocenters. The van der Waals surface area contributed by atoms with Crippen LogP contribution in [-0.4, -0.2) is 16.9 Å². The van der Waals surface area contributed by atoms with Crippen LogP contribution in [-0.2, 0) is 0 Å². The van der Waals surface area contributed by atoms with Crippen molar-refractivity contribution in [2.24, 2.45) is 0 Å². The molecule has 1 N–H and O–H groups in total. The van der Waals surface area contributed by atoms with Crippen LogP contribution in [0.25, 0.3) is 0 Å². The van der Waals surface area contributed by atoms with Gasteiger partial charge >= 0.3 is 0 Å². The minimum Gasteiger partial charge on any atom is -0.347 e. The lowest BCUT2D eigenvalue weighted by atomic mass is 9.75. The molecule has 3 rings (SSSR count). The Hall–Kier alpha value is -1.87. The van der Waals surface area contributed by atoms with Crippen LogP contribution in [0.1, 0.15) is 40.4 Å². The van der Waals surface area contributed by atoms with Gasteiger partial charge in [0.25, 0.3) is 5.91 Å². The lowest BCUT2D eigenvalue weighted by molar-refractivity contribution is 0.0899. The van der Waals surface area contributed by atoms with Crippen molar-refractivity contribution in [2.75, 3.05) is 0 Å². The van der Waals surface area contributed by atoms with E-state index in [1.165, 1.54) is 5.56 Å². The summed E-state index contributed by atoms with van der Waals surface area (Å²) in [5.41, 5.74) is 2.64. The van der Waals surface area contributed by atoms with Crippen molar-refractivity contribution in [3.8, 4) is 0 Å². The van der Waals surface area contributed by atoms with Crippen LogP contribution in [0.15, 0.2) is 42.6 Å². The van der Waals surface area contributed by atoms with E-state index in [1.54, 1.807) is 6.20 Å². The van der Waals surface area contributed by atoms with E-state index in [4.69, 9.17) is 11.6 Å². The van der Waals surface area contributed by atoms with Crippen molar-refractivity contribution in [1.29, 1.82) is 0 Å². The number of halogens is 1. The molecule has 1 aliphatic rings. The van der Waals surface area contributed by atoms with Crippen molar-refractivity contribution < 1.29 is 4.79 Å². The molecule has 1 aliphatic carbocycles. The van der Waals surface area contributed by atoms with Gasteiger partial charge in [0.05, 0.1) is 0 Å². The highest BCUT2D eigenvalue weighted by Gasteiger charge is 2.33. The fourth-order valence-corrected chi connectivity index (χ4v) is 2.87. The molecule has 1 amide bonds. The summed E-state index contributed by atoms with van der Waals surface area (Å²) in [7, 11) is 0. The summed E-state index contributed by atoms with van der Waals surface area (Å²) in [6.07, 6.45) is 3.75. The highest BCUT2D eigenvalue weighted by atomic mass is 35.5. The average molecular weight is 301 g/mol. The van der Waals surface area contributed by atoms with Crippen LogP contribution in [0.2, 0.25) is 5.02 Å². The van der Waals surface area contributed by atoms with Gasteiger partial charge in [0.15, 0.2) is 0 Å². The van der Waals surface area contributed by atoms with E-state index in [-0.39, 0.29) is 11.9 Å². The Labute approximate surface area is 129 Å². The van der Waals surface area contributed by atoms with Crippen LogP contribution < -0.4 is 5.32 Å². The Kier molecular flexibility index (Phi) is 3.93. The molecule has 0 aliphatic heterocycles. The van der Waals surface area contributed by atoms with Crippen molar-refractivity contribution in [2.45, 2.75) is 31.7 Å². The van der Waals surface area contributed by atoms with E-state index in [0.29, 0.717) is 11.6 Å². The van der Waals surface area contributed by atoms with Gasteiger partial charge in [0.2, 0.25) is 0 Å². The van der Waals surface area contributed by atoms with Crippen molar-refractivity contribution in [1.82, 2.24) is 10.3 Å². The molecular weight excluding hydrogens is 284 g/mol. The van der Waals surface area contributed by atoms with Gasteiger partial charge in [-0.3, -0.25) is 9.78 Å². The smallest absolute Gasteiger partial charge is 0.270 e. The number of hydrogen-bond acceptors (Lipinski definition) is 2. The summed E-state index contributed by atoms with van der Waals surface area (Å²) in [5.74, 6) is 0.284. The third-order valence-corrected chi connectivity index (χ3v) is 4.37. The molecule has 21 heavy (non-hydrogen) atoms. The monoisotopic (exact) mass is 300 g/mol. The highest BCUT2D eigenvalue weighted by molar-refractivity contribution is 6.30. The number of amides is 1. The Morgan fingerprint density at radius 3 is 2.62 bits per heavy atom. The van der Waals surface area contributed by atoms with Crippen LogP contribution in [0, 0.1) is 6.92 Å². The molecule has 108 valence electrons. The third kappa shape index (κ3) is 2.93. The van der Waals surface area contributed by atoms with Crippen LogP contribution in [0.3, 0.4) is 0 Å². The molecule has 1 saturated carbocycles. The number of aryl methyl sites for hydroxylation is 1. The highest BCUT2D eigenvalue weighted by Crippen LogP contribution is 2.37. The lowest BCUT2D eigenvalue weighted by Gasteiger charge is -2.37. The van der Waals surface area contributed by atoms with Gasteiger partial charge in [-0.1, -0.05) is 29.8 Å². The Balaban J connectivity index is 1.70. The maximum Gasteiger partial charge on any atom is 0.270 e. The summed E-state index contributed by atoms with van der Waals surface area (Å²) >= 11 is 5.92. The predicted octanol–water partition coefficient (Wildman–Crippen LogP) is 3.72. The van der Waals surface area contributed by atoms with E-state index in [9.17, 15) is 4.79 Å². The fraction of sp³-hybridized carbons (Fsp3) is 0.294. The van der Waals surface area contributed by atoms with E-state index in [1.807, 2.05) is 43.3 Å². The SMILES string of the molecule is Cc1cccnc1C(=O)NC1CCC1c1ccc(Cl)cc1. The normalized spacial score (nSPS) is 20.7. The van der Waals surface area contributed by atoms with Gasteiger partial charge in [-0.05, 0) is 49.1 Å². The molecule has 4 heteroatoms. The molecule has 0 bridgehead atoms. The van der Waals surface area contributed by atoms with Gasteiger partial charge < -0.3 is 5.32 Å². The molecule has 2 aromatic rings. The molecule has 1 fully saturated rings. The van der Waals surface area contributed by atoms with Crippen LogP contribution in [0.4, 0.5) is 0 Å². The number of carbonyl (C=O) groups excluding carboxylic acids is 1. The van der Waals surface area contributed by atoms with E-state index >= 15 is 0 Å². The maximum absolute atomic E-state index is 12.3. The average Bonchev–Trinajstić information content (AvgIpc) is 2.46. The molecule has 1 aromatic heterocycles. The summed E-state index contributed by atoms with van der Waals surface area (Å²) in [6.45, 7) is 1.90. The Morgan fingerprint density at radius 2 is 2.00 bits per heavy atom. The second kappa shape index (κ2) is 5.86. The second-order valence-corrected chi connectivity index (χ2v) is 5.92.